The second-order valence-corrected chi connectivity index (χ2v) is 6.93. The lowest BCUT2D eigenvalue weighted by Crippen LogP contribution is -2.18. The fraction of sp³-hybridized carbons (Fsp3) is 0.450. The van der Waals surface area contributed by atoms with Gasteiger partial charge in [-0.2, -0.15) is 0 Å². The summed E-state index contributed by atoms with van der Waals surface area (Å²) in [7, 11) is 0. The lowest BCUT2D eigenvalue weighted by atomic mass is 9.83. The predicted molar refractivity (Wildman–Crippen MR) is 96.0 cm³/mol. The fourth-order valence-electron chi connectivity index (χ4n) is 2.74. The van der Waals surface area contributed by atoms with Crippen molar-refractivity contribution in [3.63, 3.8) is 0 Å². The maximum absolute atomic E-state index is 6.10. The summed E-state index contributed by atoms with van der Waals surface area (Å²) in [5.41, 5.74) is 9.91. The first-order valence-corrected chi connectivity index (χ1v) is 8.32. The van der Waals surface area contributed by atoms with Gasteiger partial charge in [0.05, 0.1) is 6.61 Å². The normalized spacial score (nSPS) is 12.9. The molecule has 3 heteroatoms. The lowest BCUT2D eigenvalue weighted by Gasteiger charge is -2.24. The maximum atomic E-state index is 6.10. The molecule has 2 aromatic rings. The van der Waals surface area contributed by atoms with Gasteiger partial charge in [0.1, 0.15) is 5.75 Å². The third-order valence-electron chi connectivity index (χ3n) is 4.10. The molecule has 3 nitrogen and oxygen atoms in total. The zero-order chi connectivity index (χ0) is 16.9. The van der Waals surface area contributed by atoms with Gasteiger partial charge in [0.2, 0.25) is 0 Å². The molecule has 0 spiro atoms. The Balaban J connectivity index is 2.39. The summed E-state index contributed by atoms with van der Waals surface area (Å²) in [5, 5.41) is 0. The number of nitrogens with two attached hydrogens (primary N) is 1. The third-order valence-corrected chi connectivity index (χ3v) is 4.10. The van der Waals surface area contributed by atoms with Crippen molar-refractivity contribution in [2.24, 2.45) is 5.73 Å². The van der Waals surface area contributed by atoms with E-state index in [0.717, 1.165) is 12.2 Å². The van der Waals surface area contributed by atoms with Crippen LogP contribution in [-0.2, 0) is 11.8 Å². The molecule has 1 aromatic carbocycles. The van der Waals surface area contributed by atoms with Gasteiger partial charge in [-0.1, -0.05) is 39.0 Å². The minimum atomic E-state index is 0.104. The van der Waals surface area contributed by atoms with Crippen LogP contribution in [0.5, 0.6) is 5.75 Å². The first-order valence-electron chi connectivity index (χ1n) is 8.32. The minimum absolute atomic E-state index is 0.104. The fourth-order valence-corrected chi connectivity index (χ4v) is 2.74. The molecule has 2 rings (SSSR count). The van der Waals surface area contributed by atoms with E-state index in [4.69, 9.17) is 10.5 Å². The molecule has 0 fully saturated rings. The summed E-state index contributed by atoms with van der Waals surface area (Å²) >= 11 is 0. The molecule has 1 aromatic heterocycles. The van der Waals surface area contributed by atoms with Crippen LogP contribution in [0.15, 0.2) is 42.7 Å². The molecule has 23 heavy (non-hydrogen) atoms. The van der Waals surface area contributed by atoms with E-state index in [1.54, 1.807) is 6.20 Å². The number of nitrogens with zero attached hydrogens (tertiary/aromatic N) is 1. The van der Waals surface area contributed by atoms with Crippen molar-refractivity contribution in [2.75, 3.05) is 13.2 Å². The van der Waals surface area contributed by atoms with E-state index >= 15 is 0 Å². The second-order valence-electron chi connectivity index (χ2n) is 6.93. The topological polar surface area (TPSA) is 48.1 Å². The van der Waals surface area contributed by atoms with Gasteiger partial charge in [-0.3, -0.25) is 4.98 Å². The van der Waals surface area contributed by atoms with Gasteiger partial charge in [-0.15, -0.1) is 0 Å². The Hall–Kier alpha value is -1.87. The molecule has 1 heterocycles. The van der Waals surface area contributed by atoms with E-state index in [1.807, 2.05) is 19.2 Å². The number of pyridine rings is 1. The molecule has 1 unspecified atom stereocenters. The van der Waals surface area contributed by atoms with Gasteiger partial charge >= 0.3 is 0 Å². The SMILES string of the molecule is CCOc1ccc(C(C)(C)C)cc1C(CN)Cc1cccnc1. The van der Waals surface area contributed by atoms with Gasteiger partial charge in [0.25, 0.3) is 0 Å². The van der Waals surface area contributed by atoms with Gasteiger partial charge in [-0.25, -0.2) is 0 Å². The first-order chi connectivity index (χ1) is 11.0. The lowest BCUT2D eigenvalue weighted by molar-refractivity contribution is 0.333. The van der Waals surface area contributed by atoms with Crippen LogP contribution in [0.3, 0.4) is 0 Å². The Kier molecular flexibility index (Phi) is 5.78. The Morgan fingerprint density at radius 2 is 2.00 bits per heavy atom. The van der Waals surface area contributed by atoms with Crippen LogP contribution in [0.4, 0.5) is 0 Å². The number of benzene rings is 1. The molecule has 0 aliphatic rings. The molecule has 124 valence electrons. The average Bonchev–Trinajstić information content (AvgIpc) is 2.53. The van der Waals surface area contributed by atoms with Crippen LogP contribution in [0.25, 0.3) is 0 Å². The van der Waals surface area contributed by atoms with E-state index in [9.17, 15) is 0 Å². The van der Waals surface area contributed by atoms with Gasteiger partial charge in [0, 0.05) is 18.3 Å². The molecule has 0 aliphatic heterocycles. The smallest absolute Gasteiger partial charge is 0.122 e. The number of rotatable bonds is 6. The summed E-state index contributed by atoms with van der Waals surface area (Å²) in [6.07, 6.45) is 4.58. The number of aromatic nitrogens is 1. The predicted octanol–water partition coefficient (Wildman–Crippen LogP) is 4.06. The summed E-state index contributed by atoms with van der Waals surface area (Å²) < 4.78 is 5.85. The largest absolute Gasteiger partial charge is 0.494 e. The van der Waals surface area contributed by atoms with Crippen molar-refractivity contribution in [3.05, 3.63) is 59.4 Å². The van der Waals surface area contributed by atoms with E-state index in [-0.39, 0.29) is 11.3 Å². The van der Waals surface area contributed by atoms with Gasteiger partial charge in [0.15, 0.2) is 0 Å². The number of hydrogen-bond donors (Lipinski definition) is 1. The minimum Gasteiger partial charge on any atom is -0.494 e. The molecule has 1 atom stereocenters. The van der Waals surface area contributed by atoms with Crippen LogP contribution in [0.2, 0.25) is 0 Å². The molecular formula is C20H28N2O. The molecular weight excluding hydrogens is 284 g/mol. The Morgan fingerprint density at radius 3 is 2.57 bits per heavy atom. The number of ether oxygens (including phenoxy) is 1. The highest BCUT2D eigenvalue weighted by molar-refractivity contribution is 5.42. The van der Waals surface area contributed by atoms with Crippen LogP contribution < -0.4 is 10.5 Å². The zero-order valence-corrected chi connectivity index (χ0v) is 14.7. The van der Waals surface area contributed by atoms with Crippen LogP contribution in [0, 0.1) is 0 Å². The second kappa shape index (κ2) is 7.60. The van der Waals surface area contributed by atoms with Crippen molar-refractivity contribution in [1.29, 1.82) is 0 Å². The first kappa shape index (κ1) is 17.5. The molecule has 0 radical (unpaired) electrons. The summed E-state index contributed by atoms with van der Waals surface area (Å²) in [6, 6.07) is 10.6. The average molecular weight is 312 g/mol. The van der Waals surface area contributed by atoms with E-state index < -0.39 is 0 Å². The Bertz CT molecular complexity index is 617. The van der Waals surface area contributed by atoms with E-state index in [0.29, 0.717) is 13.2 Å². The maximum Gasteiger partial charge on any atom is 0.122 e. The highest BCUT2D eigenvalue weighted by Crippen LogP contribution is 2.33. The summed E-state index contributed by atoms with van der Waals surface area (Å²) in [4.78, 5) is 4.21. The molecule has 0 saturated carbocycles. The Morgan fingerprint density at radius 1 is 1.22 bits per heavy atom. The van der Waals surface area contributed by atoms with Crippen molar-refractivity contribution in [1.82, 2.24) is 4.98 Å². The van der Waals surface area contributed by atoms with Crippen molar-refractivity contribution in [3.8, 4) is 5.75 Å². The third kappa shape index (κ3) is 4.55. The van der Waals surface area contributed by atoms with Gasteiger partial charge < -0.3 is 10.5 Å². The molecule has 0 amide bonds. The molecule has 2 N–H and O–H groups in total. The molecule has 0 saturated heterocycles. The summed E-state index contributed by atoms with van der Waals surface area (Å²) in [6.45, 7) is 9.94. The summed E-state index contributed by atoms with van der Waals surface area (Å²) in [5.74, 6) is 1.17. The van der Waals surface area contributed by atoms with Crippen molar-refractivity contribution in [2.45, 2.75) is 45.4 Å². The highest BCUT2D eigenvalue weighted by Gasteiger charge is 2.20. The van der Waals surface area contributed by atoms with E-state index in [1.165, 1.54) is 16.7 Å². The van der Waals surface area contributed by atoms with Crippen LogP contribution >= 0.6 is 0 Å². The van der Waals surface area contributed by atoms with Gasteiger partial charge in [-0.05, 0) is 54.1 Å². The van der Waals surface area contributed by atoms with Crippen molar-refractivity contribution < 1.29 is 4.74 Å². The zero-order valence-electron chi connectivity index (χ0n) is 14.7. The van der Waals surface area contributed by atoms with E-state index in [2.05, 4.69) is 50.0 Å². The van der Waals surface area contributed by atoms with Crippen LogP contribution in [-0.4, -0.2) is 18.1 Å². The van der Waals surface area contributed by atoms with Crippen LogP contribution in [0.1, 0.15) is 50.3 Å². The molecule has 0 aliphatic carbocycles. The Labute approximate surface area is 139 Å². The molecule has 0 bridgehead atoms. The highest BCUT2D eigenvalue weighted by atomic mass is 16.5. The quantitative estimate of drug-likeness (QED) is 0.875. The monoisotopic (exact) mass is 312 g/mol. The van der Waals surface area contributed by atoms with Crippen molar-refractivity contribution >= 4 is 0 Å². The number of hydrogen-bond acceptors (Lipinski definition) is 3. The standard InChI is InChI=1S/C20H28N2O/c1-5-23-19-9-8-17(20(2,3)4)12-18(19)16(13-21)11-15-7-6-10-22-14-15/h6-10,12,14,16H,5,11,13,21H2,1-4H3.